The first kappa shape index (κ1) is 42.2. The number of hydrogen-bond acceptors (Lipinski definition) is 12. The van der Waals surface area contributed by atoms with Gasteiger partial charge in [-0.15, -0.1) is 0 Å². The summed E-state index contributed by atoms with van der Waals surface area (Å²) in [6.45, 7) is 10.1. The SMILES string of the molecule is C=CC(=O)OCCCCOc1ccc(C=CC(=O)Sc2ccc(SC(=O)C=Cc3ccc(OCCCCOC(=O)C=C)c(OC)c3)c(C)c2)cc1OC. The number of thioether (sulfide) groups is 2. The first-order valence-electron chi connectivity index (χ1n) is 16.8. The molecule has 0 unspecified atom stereocenters. The van der Waals surface area contributed by atoms with Crippen LogP contribution in [0.3, 0.4) is 0 Å². The highest BCUT2D eigenvalue weighted by atomic mass is 32.2. The molecule has 0 aromatic heterocycles. The van der Waals surface area contributed by atoms with Crippen LogP contribution < -0.4 is 18.9 Å². The highest BCUT2D eigenvalue weighted by Crippen LogP contribution is 2.32. The number of carbonyl (C=O) groups excluding carboxylic acids is 4. The van der Waals surface area contributed by atoms with Gasteiger partial charge in [-0.1, -0.05) is 37.4 Å². The zero-order chi connectivity index (χ0) is 38.4. The Morgan fingerprint density at radius 2 is 1.08 bits per heavy atom. The molecule has 0 fully saturated rings. The summed E-state index contributed by atoms with van der Waals surface area (Å²) in [5, 5.41) is -0.305. The van der Waals surface area contributed by atoms with E-state index in [0.29, 0.717) is 75.1 Å². The maximum Gasteiger partial charge on any atom is 0.330 e. The molecule has 0 radical (unpaired) electrons. The topological polar surface area (TPSA) is 124 Å². The van der Waals surface area contributed by atoms with Gasteiger partial charge in [-0.25, -0.2) is 9.59 Å². The lowest BCUT2D eigenvalue weighted by atomic mass is 10.2. The van der Waals surface area contributed by atoms with E-state index >= 15 is 0 Å². The third-order valence-corrected chi connectivity index (χ3v) is 9.03. The third-order valence-electron chi connectivity index (χ3n) is 7.19. The maximum absolute atomic E-state index is 12.8. The zero-order valence-electron chi connectivity index (χ0n) is 30.1. The van der Waals surface area contributed by atoms with E-state index in [9.17, 15) is 19.2 Å². The first-order chi connectivity index (χ1) is 25.6. The molecule has 0 bridgehead atoms. The van der Waals surface area contributed by atoms with Gasteiger partial charge in [-0.2, -0.15) is 0 Å². The van der Waals surface area contributed by atoms with Gasteiger partial charge in [0.1, 0.15) is 0 Å². The number of rotatable bonds is 22. The Kier molecular flexibility index (Phi) is 18.6. The first-order valence-corrected chi connectivity index (χ1v) is 18.4. The molecule has 3 aromatic rings. The summed E-state index contributed by atoms with van der Waals surface area (Å²) in [6.07, 6.45) is 11.4. The van der Waals surface area contributed by atoms with Gasteiger partial charge in [0.2, 0.25) is 10.2 Å². The predicted molar refractivity (Wildman–Crippen MR) is 209 cm³/mol. The summed E-state index contributed by atoms with van der Waals surface area (Å²) >= 11 is 2.19. The van der Waals surface area contributed by atoms with E-state index in [1.807, 2.05) is 37.3 Å². The van der Waals surface area contributed by atoms with Crippen molar-refractivity contribution in [3.63, 3.8) is 0 Å². The number of unbranched alkanes of at least 4 members (excludes halogenated alkanes) is 2. The van der Waals surface area contributed by atoms with E-state index in [1.54, 1.807) is 50.6 Å². The van der Waals surface area contributed by atoms with E-state index in [0.717, 1.165) is 62.2 Å². The standard InChI is InChI=1S/C41H44O10S2/c1-6-38(42)50-24-10-8-22-48-33-17-12-30(27-35(33)46-4)14-20-40(44)52-32-16-19-37(29(3)26-32)53-41(45)21-15-31-13-18-34(36(28-31)47-5)49-23-9-11-25-51-39(43)7-2/h6-7,12-21,26-28H,1-2,8-11,22-25H2,3-5H3. The normalized spacial score (nSPS) is 10.8. The van der Waals surface area contributed by atoms with Gasteiger partial charge in [-0.3, -0.25) is 9.59 Å². The number of aryl methyl sites for hydroxylation is 1. The fourth-order valence-electron chi connectivity index (χ4n) is 4.47. The monoisotopic (exact) mass is 760 g/mol. The molecule has 0 atom stereocenters. The second kappa shape index (κ2) is 23.4. The summed E-state index contributed by atoms with van der Waals surface area (Å²) < 4.78 is 32.5. The summed E-state index contributed by atoms with van der Waals surface area (Å²) in [4.78, 5) is 49.3. The summed E-state index contributed by atoms with van der Waals surface area (Å²) in [5.41, 5.74) is 2.42. The number of hydrogen-bond donors (Lipinski definition) is 0. The molecule has 53 heavy (non-hydrogen) atoms. The molecule has 0 spiro atoms. The second-order valence-electron chi connectivity index (χ2n) is 11.1. The van der Waals surface area contributed by atoms with E-state index in [4.69, 9.17) is 28.4 Å². The Labute approximate surface area is 319 Å². The van der Waals surface area contributed by atoms with E-state index in [2.05, 4.69) is 13.2 Å². The average Bonchev–Trinajstić information content (AvgIpc) is 3.16. The zero-order valence-corrected chi connectivity index (χ0v) is 31.8. The van der Waals surface area contributed by atoms with Crippen molar-refractivity contribution in [2.24, 2.45) is 0 Å². The van der Waals surface area contributed by atoms with Crippen LogP contribution in [0.1, 0.15) is 42.4 Å². The number of ether oxygens (including phenoxy) is 6. The quantitative estimate of drug-likeness (QED) is 0.0423. The van der Waals surface area contributed by atoms with Crippen molar-refractivity contribution in [3.05, 3.63) is 109 Å². The summed E-state index contributed by atoms with van der Waals surface area (Å²) in [6, 6.07) is 16.3. The molecule has 0 N–H and O–H groups in total. The largest absolute Gasteiger partial charge is 0.493 e. The van der Waals surface area contributed by atoms with Gasteiger partial charge in [0, 0.05) is 21.9 Å². The third kappa shape index (κ3) is 15.5. The second-order valence-corrected chi connectivity index (χ2v) is 13.2. The molecule has 0 aliphatic carbocycles. The molecule has 0 aliphatic heterocycles. The lowest BCUT2D eigenvalue weighted by molar-refractivity contribution is -0.138. The number of methoxy groups -OCH3 is 2. The van der Waals surface area contributed by atoms with Gasteiger partial charge >= 0.3 is 11.9 Å². The molecule has 0 aliphatic rings. The van der Waals surface area contributed by atoms with E-state index in [1.165, 1.54) is 12.2 Å². The molecule has 0 amide bonds. The van der Waals surface area contributed by atoms with Crippen LogP contribution in [0.4, 0.5) is 0 Å². The molecule has 0 saturated heterocycles. The van der Waals surface area contributed by atoms with Crippen LogP contribution in [0.25, 0.3) is 12.2 Å². The Hall–Kier alpha value is -5.20. The highest BCUT2D eigenvalue weighted by molar-refractivity contribution is 8.14. The van der Waals surface area contributed by atoms with Crippen LogP contribution in [0.15, 0.2) is 102 Å². The van der Waals surface area contributed by atoms with Crippen molar-refractivity contribution >= 4 is 57.8 Å². The minimum Gasteiger partial charge on any atom is -0.493 e. The molecule has 10 nitrogen and oxygen atoms in total. The fourth-order valence-corrected chi connectivity index (χ4v) is 5.92. The van der Waals surface area contributed by atoms with Gasteiger partial charge < -0.3 is 28.4 Å². The van der Waals surface area contributed by atoms with Gasteiger partial charge in [-0.05, 0) is 127 Å². The van der Waals surface area contributed by atoms with Crippen LogP contribution in [0, 0.1) is 6.92 Å². The van der Waals surface area contributed by atoms with Crippen LogP contribution in [-0.4, -0.2) is 62.8 Å². The van der Waals surface area contributed by atoms with Crippen molar-refractivity contribution in [2.45, 2.75) is 42.4 Å². The average molecular weight is 761 g/mol. The van der Waals surface area contributed by atoms with Gasteiger partial charge in [0.15, 0.2) is 23.0 Å². The number of benzene rings is 3. The molecular formula is C41H44O10S2. The molecule has 3 aromatic carbocycles. The fraction of sp³-hybridized carbons (Fsp3) is 0.268. The van der Waals surface area contributed by atoms with Crippen molar-refractivity contribution in [1.82, 2.24) is 0 Å². The number of esters is 2. The van der Waals surface area contributed by atoms with Gasteiger partial charge in [0.05, 0.1) is 40.6 Å². The van der Waals surface area contributed by atoms with Crippen molar-refractivity contribution in [1.29, 1.82) is 0 Å². The van der Waals surface area contributed by atoms with Crippen molar-refractivity contribution < 1.29 is 47.6 Å². The lowest BCUT2D eigenvalue weighted by Gasteiger charge is -2.11. The Morgan fingerprint density at radius 3 is 1.53 bits per heavy atom. The van der Waals surface area contributed by atoms with Crippen LogP contribution in [0.2, 0.25) is 0 Å². The molecular weight excluding hydrogens is 717 g/mol. The molecule has 280 valence electrons. The molecule has 12 heteroatoms. The molecule has 3 rings (SSSR count). The maximum atomic E-state index is 12.8. The number of carbonyl (C=O) groups is 4. The highest BCUT2D eigenvalue weighted by Gasteiger charge is 2.10. The lowest BCUT2D eigenvalue weighted by Crippen LogP contribution is -2.05. The Bertz CT molecular complexity index is 1800. The molecule has 0 heterocycles. The van der Waals surface area contributed by atoms with Crippen LogP contribution in [-0.2, 0) is 28.7 Å². The van der Waals surface area contributed by atoms with Crippen LogP contribution in [0.5, 0.6) is 23.0 Å². The van der Waals surface area contributed by atoms with Crippen molar-refractivity contribution in [3.8, 4) is 23.0 Å². The Balaban J connectivity index is 1.47. The van der Waals surface area contributed by atoms with E-state index < -0.39 is 11.9 Å². The van der Waals surface area contributed by atoms with Crippen molar-refractivity contribution in [2.75, 3.05) is 40.6 Å². The summed E-state index contributed by atoms with van der Waals surface area (Å²) in [5.74, 6) is 1.34. The predicted octanol–water partition coefficient (Wildman–Crippen LogP) is 8.45. The minimum atomic E-state index is -0.445. The summed E-state index contributed by atoms with van der Waals surface area (Å²) in [7, 11) is 3.10. The minimum absolute atomic E-state index is 0.151. The Morgan fingerprint density at radius 1 is 0.604 bits per heavy atom. The molecule has 0 saturated carbocycles. The van der Waals surface area contributed by atoms with Crippen LogP contribution >= 0.6 is 23.5 Å². The van der Waals surface area contributed by atoms with E-state index in [-0.39, 0.29) is 10.2 Å². The smallest absolute Gasteiger partial charge is 0.330 e. The van der Waals surface area contributed by atoms with Gasteiger partial charge in [0.25, 0.3) is 0 Å².